The van der Waals surface area contributed by atoms with E-state index in [1.165, 1.54) is 10.3 Å². The monoisotopic (exact) mass is 378 g/mol. The van der Waals surface area contributed by atoms with Gasteiger partial charge in [0.2, 0.25) is 0 Å². The van der Waals surface area contributed by atoms with Crippen LogP contribution in [0.3, 0.4) is 0 Å². The Labute approximate surface area is 160 Å². The highest BCUT2D eigenvalue weighted by molar-refractivity contribution is 7.98. The molecule has 0 amide bonds. The average Bonchev–Trinajstić information content (AvgIpc) is 3.24. The number of nitrogens with zero attached hydrogens (tertiary/aromatic N) is 4. The first-order chi connectivity index (χ1) is 12.7. The normalized spacial score (nSPS) is 11.1. The van der Waals surface area contributed by atoms with E-state index in [1.807, 2.05) is 24.3 Å². The number of benzene rings is 2. The third kappa shape index (κ3) is 3.43. The van der Waals surface area contributed by atoms with Gasteiger partial charge in [0.1, 0.15) is 5.01 Å². The molecule has 2 heterocycles. The molecular weight excluding hydrogens is 360 g/mol. The summed E-state index contributed by atoms with van der Waals surface area (Å²) in [5.41, 5.74) is 3.34. The van der Waals surface area contributed by atoms with Crippen molar-refractivity contribution in [2.45, 2.75) is 24.4 Å². The fourth-order valence-corrected chi connectivity index (χ4v) is 4.70. The molecule has 6 heteroatoms. The Morgan fingerprint density at radius 1 is 1.15 bits per heavy atom. The maximum absolute atomic E-state index is 4.70. The summed E-state index contributed by atoms with van der Waals surface area (Å²) in [6.07, 6.45) is 1.88. The molecule has 0 fully saturated rings. The SMILES string of the molecule is C=CCn1c(SCc2nc3ccccc3s2)nnc1-c1cccc(C)c1. The predicted octanol–water partition coefficient (Wildman–Crippen LogP) is 5.34. The van der Waals surface area contributed by atoms with Crippen molar-refractivity contribution in [3.63, 3.8) is 0 Å². The zero-order valence-corrected chi connectivity index (χ0v) is 16.1. The quantitative estimate of drug-likeness (QED) is 0.335. The van der Waals surface area contributed by atoms with E-state index < -0.39 is 0 Å². The van der Waals surface area contributed by atoms with Gasteiger partial charge in [0.25, 0.3) is 0 Å². The fraction of sp³-hybridized carbons (Fsp3) is 0.150. The first-order valence-electron chi connectivity index (χ1n) is 8.33. The largest absolute Gasteiger partial charge is 0.298 e. The van der Waals surface area contributed by atoms with Crippen molar-refractivity contribution in [3.8, 4) is 11.4 Å². The van der Waals surface area contributed by atoms with Crippen molar-refractivity contribution >= 4 is 33.3 Å². The van der Waals surface area contributed by atoms with Gasteiger partial charge in [-0.15, -0.1) is 28.1 Å². The van der Waals surface area contributed by atoms with Crippen LogP contribution in [-0.4, -0.2) is 19.7 Å². The predicted molar refractivity (Wildman–Crippen MR) is 110 cm³/mol. The van der Waals surface area contributed by atoms with E-state index in [1.54, 1.807) is 23.1 Å². The number of allylic oxidation sites excluding steroid dienone is 1. The Hall–Kier alpha value is -2.44. The van der Waals surface area contributed by atoms with Crippen molar-refractivity contribution in [2.24, 2.45) is 0 Å². The minimum atomic E-state index is 0.679. The molecule has 0 aliphatic heterocycles. The molecule has 0 atom stereocenters. The first-order valence-corrected chi connectivity index (χ1v) is 10.1. The van der Waals surface area contributed by atoms with Gasteiger partial charge in [-0.3, -0.25) is 4.57 Å². The molecule has 0 spiro atoms. The standard InChI is InChI=1S/C20H18N4S2/c1-3-11-24-19(15-8-6-7-14(2)12-15)22-23-20(24)25-13-18-21-16-9-4-5-10-17(16)26-18/h3-10,12H,1,11,13H2,2H3. The smallest absolute Gasteiger partial charge is 0.192 e. The Bertz CT molecular complexity index is 1030. The first kappa shape index (κ1) is 17.0. The molecule has 26 heavy (non-hydrogen) atoms. The van der Waals surface area contributed by atoms with E-state index in [0.717, 1.165) is 32.8 Å². The van der Waals surface area contributed by atoms with Crippen molar-refractivity contribution in [1.29, 1.82) is 0 Å². The lowest BCUT2D eigenvalue weighted by atomic mass is 10.1. The highest BCUT2D eigenvalue weighted by atomic mass is 32.2. The molecule has 0 N–H and O–H groups in total. The lowest BCUT2D eigenvalue weighted by Gasteiger charge is -2.07. The minimum absolute atomic E-state index is 0.679. The number of hydrogen-bond acceptors (Lipinski definition) is 5. The van der Waals surface area contributed by atoms with Crippen molar-refractivity contribution < 1.29 is 0 Å². The van der Waals surface area contributed by atoms with Gasteiger partial charge in [-0.05, 0) is 25.1 Å². The van der Waals surface area contributed by atoms with Crippen LogP contribution in [0.25, 0.3) is 21.6 Å². The maximum Gasteiger partial charge on any atom is 0.192 e. The fourth-order valence-electron chi connectivity index (χ4n) is 2.79. The van der Waals surface area contributed by atoms with E-state index in [9.17, 15) is 0 Å². The molecule has 0 bridgehead atoms. The summed E-state index contributed by atoms with van der Waals surface area (Å²) in [4.78, 5) is 4.70. The van der Waals surface area contributed by atoms with Gasteiger partial charge in [0.15, 0.2) is 11.0 Å². The summed E-state index contributed by atoms with van der Waals surface area (Å²) in [5.74, 6) is 1.66. The van der Waals surface area contributed by atoms with Gasteiger partial charge in [0.05, 0.1) is 16.0 Å². The van der Waals surface area contributed by atoms with Crippen LogP contribution in [0.15, 0.2) is 66.3 Å². The van der Waals surface area contributed by atoms with Crippen LogP contribution in [-0.2, 0) is 12.3 Å². The lowest BCUT2D eigenvalue weighted by Crippen LogP contribution is -2.00. The molecule has 4 nitrogen and oxygen atoms in total. The number of aromatic nitrogens is 4. The second kappa shape index (κ2) is 7.43. The Morgan fingerprint density at radius 3 is 2.85 bits per heavy atom. The highest BCUT2D eigenvalue weighted by Crippen LogP contribution is 2.30. The summed E-state index contributed by atoms with van der Waals surface area (Å²) in [5, 5.41) is 10.8. The van der Waals surface area contributed by atoms with Crippen LogP contribution in [0.2, 0.25) is 0 Å². The number of hydrogen-bond donors (Lipinski definition) is 0. The lowest BCUT2D eigenvalue weighted by molar-refractivity contribution is 0.731. The van der Waals surface area contributed by atoms with Gasteiger partial charge in [-0.25, -0.2) is 4.98 Å². The molecule has 4 aromatic rings. The minimum Gasteiger partial charge on any atom is -0.298 e. The van der Waals surface area contributed by atoms with Crippen LogP contribution in [0.4, 0.5) is 0 Å². The Morgan fingerprint density at radius 2 is 2.04 bits per heavy atom. The van der Waals surface area contributed by atoms with Gasteiger partial charge in [-0.1, -0.05) is 53.7 Å². The van der Waals surface area contributed by atoms with E-state index >= 15 is 0 Å². The molecule has 4 rings (SSSR count). The second-order valence-electron chi connectivity index (χ2n) is 5.94. The number of thiazole rings is 1. The molecule has 0 saturated carbocycles. The van der Waals surface area contributed by atoms with Crippen molar-refractivity contribution in [2.75, 3.05) is 0 Å². The summed E-state index contributed by atoms with van der Waals surface area (Å²) >= 11 is 3.40. The summed E-state index contributed by atoms with van der Waals surface area (Å²) in [6.45, 7) is 6.64. The molecule has 0 saturated heterocycles. The molecule has 0 aliphatic carbocycles. The number of para-hydroxylation sites is 1. The molecule has 0 aliphatic rings. The Balaban J connectivity index is 1.60. The topological polar surface area (TPSA) is 43.6 Å². The van der Waals surface area contributed by atoms with Crippen LogP contribution in [0, 0.1) is 6.92 Å². The third-order valence-electron chi connectivity index (χ3n) is 3.97. The summed E-state index contributed by atoms with van der Waals surface area (Å²) in [7, 11) is 0. The Kier molecular flexibility index (Phi) is 4.86. The van der Waals surface area contributed by atoms with Gasteiger partial charge in [0, 0.05) is 12.1 Å². The number of aryl methyl sites for hydroxylation is 1. The zero-order chi connectivity index (χ0) is 17.9. The van der Waals surface area contributed by atoms with Crippen molar-refractivity contribution in [1.82, 2.24) is 19.7 Å². The van der Waals surface area contributed by atoms with Crippen LogP contribution < -0.4 is 0 Å². The molecular formula is C20H18N4S2. The highest BCUT2D eigenvalue weighted by Gasteiger charge is 2.14. The van der Waals surface area contributed by atoms with Crippen LogP contribution >= 0.6 is 23.1 Å². The number of thioether (sulfide) groups is 1. The van der Waals surface area contributed by atoms with E-state index in [0.29, 0.717) is 6.54 Å². The summed E-state index contributed by atoms with van der Waals surface area (Å²) in [6, 6.07) is 16.6. The molecule has 2 aromatic carbocycles. The molecule has 0 radical (unpaired) electrons. The van der Waals surface area contributed by atoms with Gasteiger partial charge in [-0.2, -0.15) is 0 Å². The van der Waals surface area contributed by atoms with Gasteiger partial charge >= 0.3 is 0 Å². The molecule has 2 aromatic heterocycles. The van der Waals surface area contributed by atoms with Crippen LogP contribution in [0.1, 0.15) is 10.6 Å². The number of rotatable bonds is 6. The summed E-state index contributed by atoms with van der Waals surface area (Å²) < 4.78 is 3.33. The van der Waals surface area contributed by atoms with E-state index in [-0.39, 0.29) is 0 Å². The van der Waals surface area contributed by atoms with E-state index in [2.05, 4.69) is 58.6 Å². The van der Waals surface area contributed by atoms with E-state index in [4.69, 9.17) is 4.98 Å². The zero-order valence-electron chi connectivity index (χ0n) is 14.4. The number of fused-ring (bicyclic) bond motifs is 1. The average molecular weight is 379 g/mol. The molecule has 130 valence electrons. The third-order valence-corrected chi connectivity index (χ3v) is 6.16. The van der Waals surface area contributed by atoms with Gasteiger partial charge < -0.3 is 0 Å². The maximum atomic E-state index is 4.70. The molecule has 0 unspecified atom stereocenters. The van der Waals surface area contributed by atoms with Crippen LogP contribution in [0.5, 0.6) is 0 Å². The second-order valence-corrected chi connectivity index (χ2v) is 8.00. The van der Waals surface area contributed by atoms with Crippen molar-refractivity contribution in [3.05, 3.63) is 71.8 Å².